The molecule has 0 aliphatic heterocycles. The topological polar surface area (TPSA) is 64.0 Å². The van der Waals surface area contributed by atoms with Crippen molar-refractivity contribution in [1.82, 2.24) is 9.55 Å². The molecule has 0 fully saturated rings. The van der Waals surface area contributed by atoms with Gasteiger partial charge in [-0.15, -0.1) is 11.3 Å². The molecule has 0 bridgehead atoms. The summed E-state index contributed by atoms with van der Waals surface area (Å²) in [5.74, 6) is -0.850. The number of amides is 1. The molecule has 0 aliphatic carbocycles. The summed E-state index contributed by atoms with van der Waals surface area (Å²) in [5.41, 5.74) is -0.0452. The molecule has 2 heterocycles. The van der Waals surface area contributed by atoms with E-state index in [4.69, 9.17) is 0 Å². The summed E-state index contributed by atoms with van der Waals surface area (Å²) < 4.78 is 14.8. The molecule has 1 aromatic carbocycles. The van der Waals surface area contributed by atoms with E-state index in [1.165, 1.54) is 34.4 Å². The van der Waals surface area contributed by atoms with Crippen LogP contribution in [-0.4, -0.2) is 15.5 Å². The number of fused-ring (bicyclic) bond motifs is 1. The van der Waals surface area contributed by atoms with E-state index in [-0.39, 0.29) is 30.1 Å². The molecule has 0 aliphatic rings. The van der Waals surface area contributed by atoms with Gasteiger partial charge in [-0.3, -0.25) is 14.2 Å². The summed E-state index contributed by atoms with van der Waals surface area (Å²) >= 11 is 1.39. The first kappa shape index (κ1) is 14.4. The molecule has 0 spiro atoms. The zero-order valence-corrected chi connectivity index (χ0v) is 12.3. The smallest absolute Gasteiger partial charge is 0.262 e. The molecule has 0 unspecified atom stereocenters. The van der Waals surface area contributed by atoms with Crippen LogP contribution in [0, 0.1) is 5.82 Å². The van der Waals surface area contributed by atoms with Crippen LogP contribution in [0.2, 0.25) is 0 Å². The molecule has 0 atom stereocenters. The van der Waals surface area contributed by atoms with E-state index < -0.39 is 5.82 Å². The maximum Gasteiger partial charge on any atom is 0.262 e. The monoisotopic (exact) mass is 317 g/mol. The van der Waals surface area contributed by atoms with E-state index in [9.17, 15) is 14.0 Å². The van der Waals surface area contributed by atoms with Gasteiger partial charge in [0.1, 0.15) is 10.6 Å². The van der Waals surface area contributed by atoms with Crippen molar-refractivity contribution in [2.24, 2.45) is 0 Å². The van der Waals surface area contributed by atoms with E-state index in [1.54, 1.807) is 23.6 Å². The third kappa shape index (κ3) is 2.89. The second kappa shape index (κ2) is 6.07. The van der Waals surface area contributed by atoms with E-state index in [1.807, 2.05) is 0 Å². The molecule has 1 N–H and O–H groups in total. The minimum atomic E-state index is -0.491. The molecule has 0 saturated carbocycles. The van der Waals surface area contributed by atoms with Crippen LogP contribution in [-0.2, 0) is 11.3 Å². The molecule has 3 rings (SSSR count). The SMILES string of the molecule is O=C(CCn1cnc2sccc2c1=O)Nc1ccccc1F. The molecular weight excluding hydrogens is 305 g/mol. The van der Waals surface area contributed by atoms with Gasteiger partial charge in [0.2, 0.25) is 5.91 Å². The molecule has 0 radical (unpaired) electrons. The van der Waals surface area contributed by atoms with E-state index in [0.29, 0.717) is 10.2 Å². The van der Waals surface area contributed by atoms with Gasteiger partial charge in [-0.05, 0) is 23.6 Å². The van der Waals surface area contributed by atoms with Gasteiger partial charge in [-0.25, -0.2) is 9.37 Å². The first-order chi connectivity index (χ1) is 10.6. The van der Waals surface area contributed by atoms with Gasteiger partial charge in [0.15, 0.2) is 0 Å². The molecule has 7 heteroatoms. The Morgan fingerprint density at radius 2 is 2.14 bits per heavy atom. The van der Waals surface area contributed by atoms with Gasteiger partial charge < -0.3 is 5.32 Å². The van der Waals surface area contributed by atoms with Crippen LogP contribution < -0.4 is 10.9 Å². The second-order valence-electron chi connectivity index (χ2n) is 4.66. The molecule has 5 nitrogen and oxygen atoms in total. The van der Waals surface area contributed by atoms with Gasteiger partial charge in [-0.2, -0.15) is 0 Å². The van der Waals surface area contributed by atoms with Crippen molar-refractivity contribution in [2.45, 2.75) is 13.0 Å². The highest BCUT2D eigenvalue weighted by Gasteiger charge is 2.09. The number of thiophene rings is 1. The predicted molar refractivity (Wildman–Crippen MR) is 83.5 cm³/mol. The standard InChI is InChI=1S/C15H12FN3O2S/c16-11-3-1-2-4-12(11)18-13(20)5-7-19-9-17-14-10(15(19)21)6-8-22-14/h1-4,6,8-9H,5,7H2,(H,18,20). The number of nitrogens with one attached hydrogen (secondary N) is 1. The number of aryl methyl sites for hydroxylation is 1. The number of rotatable bonds is 4. The lowest BCUT2D eigenvalue weighted by molar-refractivity contribution is -0.116. The third-order valence-electron chi connectivity index (χ3n) is 3.18. The summed E-state index contributed by atoms with van der Waals surface area (Å²) in [5, 5.41) is 4.83. The lowest BCUT2D eigenvalue weighted by atomic mass is 10.3. The van der Waals surface area contributed by atoms with Crippen molar-refractivity contribution in [1.29, 1.82) is 0 Å². The Morgan fingerprint density at radius 3 is 2.95 bits per heavy atom. The number of para-hydroxylation sites is 1. The molecule has 112 valence electrons. The number of nitrogens with zero attached hydrogens (tertiary/aromatic N) is 2. The number of aromatic nitrogens is 2. The first-order valence-corrected chi connectivity index (χ1v) is 7.50. The zero-order valence-electron chi connectivity index (χ0n) is 11.5. The normalized spacial score (nSPS) is 10.8. The minimum absolute atomic E-state index is 0.0611. The van der Waals surface area contributed by atoms with Crippen LogP contribution >= 0.6 is 11.3 Å². The van der Waals surface area contributed by atoms with Crippen LogP contribution in [0.25, 0.3) is 10.2 Å². The Balaban J connectivity index is 1.69. The fourth-order valence-corrected chi connectivity index (χ4v) is 2.77. The Kier molecular flexibility index (Phi) is 3.97. The maximum absolute atomic E-state index is 13.4. The van der Waals surface area contributed by atoms with Crippen LogP contribution in [0.3, 0.4) is 0 Å². The highest BCUT2D eigenvalue weighted by Crippen LogP contribution is 2.14. The fourth-order valence-electron chi connectivity index (χ4n) is 2.05. The van der Waals surface area contributed by atoms with Crippen molar-refractivity contribution in [2.75, 3.05) is 5.32 Å². The van der Waals surface area contributed by atoms with Gasteiger partial charge in [0, 0.05) is 13.0 Å². The Bertz CT molecular complexity index is 888. The van der Waals surface area contributed by atoms with Gasteiger partial charge in [0.25, 0.3) is 5.56 Å². The quantitative estimate of drug-likeness (QED) is 0.804. The molecule has 3 aromatic rings. The lowest BCUT2D eigenvalue weighted by Crippen LogP contribution is -2.23. The Hall–Kier alpha value is -2.54. The molecular formula is C15H12FN3O2S. The van der Waals surface area contributed by atoms with Gasteiger partial charge in [-0.1, -0.05) is 12.1 Å². The van der Waals surface area contributed by atoms with Crippen molar-refractivity contribution < 1.29 is 9.18 Å². The first-order valence-electron chi connectivity index (χ1n) is 6.62. The van der Waals surface area contributed by atoms with E-state index in [0.717, 1.165) is 0 Å². The number of hydrogen-bond donors (Lipinski definition) is 1. The van der Waals surface area contributed by atoms with Crippen LogP contribution in [0.15, 0.2) is 46.8 Å². The summed E-state index contributed by atoms with van der Waals surface area (Å²) in [6, 6.07) is 7.65. The molecule has 22 heavy (non-hydrogen) atoms. The van der Waals surface area contributed by atoms with Gasteiger partial charge in [0.05, 0.1) is 17.4 Å². The maximum atomic E-state index is 13.4. The summed E-state index contributed by atoms with van der Waals surface area (Å²) in [4.78, 5) is 28.8. The number of hydrogen-bond acceptors (Lipinski definition) is 4. The van der Waals surface area contributed by atoms with Gasteiger partial charge >= 0.3 is 0 Å². The average Bonchev–Trinajstić information content (AvgIpc) is 2.98. The highest BCUT2D eigenvalue weighted by atomic mass is 32.1. The van der Waals surface area contributed by atoms with Crippen LogP contribution in [0.4, 0.5) is 10.1 Å². The molecule has 0 saturated heterocycles. The van der Waals surface area contributed by atoms with Crippen molar-refractivity contribution in [3.63, 3.8) is 0 Å². The van der Waals surface area contributed by atoms with Crippen molar-refractivity contribution in [3.05, 3.63) is 58.2 Å². The zero-order chi connectivity index (χ0) is 15.5. The highest BCUT2D eigenvalue weighted by molar-refractivity contribution is 7.16. The van der Waals surface area contributed by atoms with Crippen LogP contribution in [0.5, 0.6) is 0 Å². The number of carbonyl (C=O) groups is 1. The van der Waals surface area contributed by atoms with Crippen molar-refractivity contribution >= 4 is 33.1 Å². The third-order valence-corrected chi connectivity index (χ3v) is 4.00. The lowest BCUT2D eigenvalue weighted by Gasteiger charge is -2.07. The fraction of sp³-hybridized carbons (Fsp3) is 0.133. The Labute approximate surface area is 129 Å². The van der Waals surface area contributed by atoms with Crippen LogP contribution in [0.1, 0.15) is 6.42 Å². The van der Waals surface area contributed by atoms with E-state index >= 15 is 0 Å². The van der Waals surface area contributed by atoms with Crippen molar-refractivity contribution in [3.8, 4) is 0 Å². The van der Waals surface area contributed by atoms with E-state index in [2.05, 4.69) is 10.3 Å². The minimum Gasteiger partial charge on any atom is -0.324 e. The summed E-state index contributed by atoms with van der Waals surface area (Å²) in [6.07, 6.45) is 1.49. The summed E-state index contributed by atoms with van der Waals surface area (Å²) in [6.45, 7) is 0.192. The largest absolute Gasteiger partial charge is 0.324 e. The number of halogens is 1. The summed E-state index contributed by atoms with van der Waals surface area (Å²) in [7, 11) is 0. The molecule has 2 aromatic heterocycles. The average molecular weight is 317 g/mol. The predicted octanol–water partition coefficient (Wildman–Crippen LogP) is 2.63. The number of benzene rings is 1. The number of anilines is 1. The Morgan fingerprint density at radius 1 is 1.32 bits per heavy atom. The second-order valence-corrected chi connectivity index (χ2v) is 5.56. The molecule has 1 amide bonds. The number of carbonyl (C=O) groups excluding carboxylic acids is 1.